The van der Waals surface area contributed by atoms with Crippen LogP contribution in [0.2, 0.25) is 0 Å². The predicted molar refractivity (Wildman–Crippen MR) is 171 cm³/mol. The van der Waals surface area contributed by atoms with E-state index in [1.54, 1.807) is 18.2 Å². The molecule has 2 heterocycles. The first-order valence-corrected chi connectivity index (χ1v) is 13.5. The molecule has 2 aromatic carbocycles. The fraction of sp³-hybridized carbons (Fsp3) is 0.185. The molecule has 4 aromatic rings. The quantitative estimate of drug-likeness (QED) is 0.0173. The highest BCUT2D eigenvalue weighted by molar-refractivity contribution is 6.09. The molecular weight excluding hydrogens is 600 g/mol. The molecule has 0 spiro atoms. The average Bonchev–Trinajstić information content (AvgIpc) is 3.02. The van der Waals surface area contributed by atoms with Crippen molar-refractivity contribution in [2.24, 2.45) is 16.7 Å². The van der Waals surface area contributed by atoms with Crippen LogP contribution in [0.3, 0.4) is 0 Å². The number of nitrogens with two attached hydrogens (primary N) is 5. The van der Waals surface area contributed by atoms with Crippen molar-refractivity contribution in [2.75, 3.05) is 35.6 Å². The van der Waals surface area contributed by atoms with Crippen LogP contribution in [0.5, 0.6) is 5.75 Å². The number of hydrazine groups is 1. The van der Waals surface area contributed by atoms with E-state index in [0.717, 1.165) is 0 Å². The number of rotatable bonds is 12. The molecule has 0 unspecified atom stereocenters. The molecule has 2 amide bonds. The minimum absolute atomic E-state index is 0.0115. The number of hydrogen-bond donors (Lipinski definition) is 11. The summed E-state index contributed by atoms with van der Waals surface area (Å²) in [6.45, 7) is 0.702. The van der Waals surface area contributed by atoms with Gasteiger partial charge in [-0.15, -0.1) is 5.10 Å². The van der Waals surface area contributed by atoms with Crippen LogP contribution in [0.4, 0.5) is 23.1 Å². The fourth-order valence-corrected chi connectivity index (χ4v) is 4.04. The number of amides is 2. The van der Waals surface area contributed by atoms with E-state index >= 15 is 0 Å². The number of carboxylic acid groups (broad SMARTS) is 1. The normalized spacial score (nSPS) is 10.8. The van der Waals surface area contributed by atoms with Gasteiger partial charge < -0.3 is 49.1 Å². The lowest BCUT2D eigenvalue weighted by molar-refractivity contribution is -0.122. The molecule has 0 saturated carbocycles. The van der Waals surface area contributed by atoms with Gasteiger partial charge in [0.1, 0.15) is 5.75 Å². The zero-order valence-electron chi connectivity index (χ0n) is 24.4. The van der Waals surface area contributed by atoms with Crippen LogP contribution in [0.25, 0.3) is 11.2 Å². The van der Waals surface area contributed by atoms with Gasteiger partial charge in [0.25, 0.3) is 18.3 Å². The molecule has 16 N–H and O–H groups in total. The number of unbranched alkanes of at least 4 members (excludes halogenated alkanes) is 1. The molecule has 0 aliphatic heterocycles. The van der Waals surface area contributed by atoms with Crippen LogP contribution in [0, 0.1) is 0 Å². The molecular formula is C27H34N14O5. The second-order valence-corrected chi connectivity index (χ2v) is 9.34. The summed E-state index contributed by atoms with van der Waals surface area (Å²) >= 11 is 0. The molecule has 0 radical (unpaired) electrons. The second-order valence-electron chi connectivity index (χ2n) is 9.34. The number of nitrogens with zero attached hydrogens (tertiary/aromatic N) is 5. The summed E-state index contributed by atoms with van der Waals surface area (Å²) in [7, 11) is 0. The summed E-state index contributed by atoms with van der Waals surface area (Å²) in [5, 5.41) is 29.7. The van der Waals surface area contributed by atoms with E-state index in [0.29, 0.717) is 59.6 Å². The maximum absolute atomic E-state index is 12.6. The number of nitrogen functional groups attached to an aromatic ring is 3. The summed E-state index contributed by atoms with van der Waals surface area (Å²) in [5.74, 6) is 4.34. The highest BCUT2D eigenvalue weighted by Gasteiger charge is 2.15. The number of anilines is 4. The average molecular weight is 635 g/mol. The molecule has 0 aliphatic carbocycles. The standard InChI is InChI=1S/C26H32N14O3.CH2O2/c27-13-3-5-16(18(9-13)21(28)39-40-31)24(42)32-7-1-2-8-33-25(43)17-6-4-14(10-19(17)41)34-11-15-12-35-23-20(36-15)22(29)37-26(30)38-23;2-1-3/h3-6,9-10,12,34,40-41H,1-2,7-8,11,27,31H2,(H2,28,39)(H,32,42)(H,33,43)(H4,29,30,35,37,38);1H,(H,2,3). The van der Waals surface area contributed by atoms with E-state index in [1.165, 1.54) is 24.4 Å². The van der Waals surface area contributed by atoms with Crippen LogP contribution in [-0.2, 0) is 11.3 Å². The van der Waals surface area contributed by atoms with E-state index in [2.05, 4.69) is 46.5 Å². The van der Waals surface area contributed by atoms with Gasteiger partial charge in [0.15, 0.2) is 22.8 Å². The summed E-state index contributed by atoms with van der Waals surface area (Å²) in [6, 6.07) is 9.26. The number of benzene rings is 2. The number of aromatic hydroxyl groups is 1. The van der Waals surface area contributed by atoms with Crippen molar-refractivity contribution >= 4 is 58.4 Å². The van der Waals surface area contributed by atoms with Crippen LogP contribution in [0.1, 0.15) is 44.8 Å². The van der Waals surface area contributed by atoms with Crippen molar-refractivity contribution in [3.8, 4) is 5.75 Å². The van der Waals surface area contributed by atoms with Gasteiger partial charge in [-0.3, -0.25) is 14.4 Å². The number of amidine groups is 1. The number of phenolic OH excluding ortho intramolecular Hbond substituents is 1. The Kier molecular flexibility index (Phi) is 12.1. The van der Waals surface area contributed by atoms with Gasteiger partial charge >= 0.3 is 0 Å². The molecule has 46 heavy (non-hydrogen) atoms. The van der Waals surface area contributed by atoms with Gasteiger partial charge in [0.05, 0.1) is 29.6 Å². The monoisotopic (exact) mass is 634 g/mol. The van der Waals surface area contributed by atoms with Crippen LogP contribution < -0.4 is 50.3 Å². The number of fused-ring (bicyclic) bond motifs is 1. The Morgan fingerprint density at radius 1 is 0.913 bits per heavy atom. The number of carbonyl (C=O) groups excluding carboxylic acids is 2. The molecule has 19 nitrogen and oxygen atoms in total. The lowest BCUT2D eigenvalue weighted by Crippen LogP contribution is -2.30. The minimum Gasteiger partial charge on any atom is -0.507 e. The Labute approximate surface area is 261 Å². The highest BCUT2D eigenvalue weighted by atomic mass is 16.3. The van der Waals surface area contributed by atoms with Gasteiger partial charge in [0, 0.05) is 36.1 Å². The summed E-state index contributed by atoms with van der Waals surface area (Å²) in [4.78, 5) is 50.1. The first-order valence-electron chi connectivity index (χ1n) is 13.5. The van der Waals surface area contributed by atoms with Gasteiger partial charge in [-0.25, -0.2) is 21.3 Å². The number of carbonyl (C=O) groups is 3. The van der Waals surface area contributed by atoms with Crippen molar-refractivity contribution in [2.45, 2.75) is 19.4 Å². The Hall–Kier alpha value is -6.50. The number of hydrazone groups is 1. The molecule has 4 rings (SSSR count). The zero-order valence-corrected chi connectivity index (χ0v) is 24.4. The van der Waals surface area contributed by atoms with Gasteiger partial charge in [-0.05, 0) is 43.2 Å². The zero-order chi connectivity index (χ0) is 33.6. The van der Waals surface area contributed by atoms with Crippen LogP contribution in [-0.4, -0.2) is 67.4 Å². The Balaban J connectivity index is 0.00000185. The Morgan fingerprint density at radius 3 is 2.22 bits per heavy atom. The molecule has 2 aromatic heterocycles. The summed E-state index contributed by atoms with van der Waals surface area (Å²) < 4.78 is 0. The maximum Gasteiger partial charge on any atom is 0.290 e. The largest absolute Gasteiger partial charge is 0.507 e. The topological polar surface area (TPSA) is 334 Å². The number of aromatic nitrogens is 4. The molecule has 0 atom stereocenters. The molecule has 19 heteroatoms. The Morgan fingerprint density at radius 2 is 1.57 bits per heavy atom. The molecule has 242 valence electrons. The lowest BCUT2D eigenvalue weighted by atomic mass is 10.0. The van der Waals surface area contributed by atoms with E-state index in [1.807, 2.05) is 0 Å². The number of phenols is 1. The molecule has 0 fully saturated rings. The molecule has 0 saturated heterocycles. The van der Waals surface area contributed by atoms with E-state index in [4.69, 9.17) is 38.7 Å². The van der Waals surface area contributed by atoms with E-state index < -0.39 is 5.91 Å². The third-order valence-electron chi connectivity index (χ3n) is 6.14. The number of nitrogens with one attached hydrogen (secondary N) is 4. The Bertz CT molecular complexity index is 1730. The summed E-state index contributed by atoms with van der Waals surface area (Å²) in [6.07, 6.45) is 2.69. The van der Waals surface area contributed by atoms with Crippen molar-refractivity contribution in [3.63, 3.8) is 0 Å². The smallest absolute Gasteiger partial charge is 0.290 e. The van der Waals surface area contributed by atoms with Gasteiger partial charge in [0.2, 0.25) is 5.95 Å². The summed E-state index contributed by atoms with van der Waals surface area (Å²) in [5.41, 5.74) is 28.1. The molecule has 0 bridgehead atoms. The van der Waals surface area contributed by atoms with Gasteiger partial charge in [-0.1, -0.05) is 0 Å². The van der Waals surface area contributed by atoms with Crippen LogP contribution in [0.15, 0.2) is 47.7 Å². The lowest BCUT2D eigenvalue weighted by Gasteiger charge is -2.12. The third kappa shape index (κ3) is 9.25. The van der Waals surface area contributed by atoms with E-state index in [9.17, 15) is 14.7 Å². The first kappa shape index (κ1) is 34.0. The fourth-order valence-electron chi connectivity index (χ4n) is 4.04. The van der Waals surface area contributed by atoms with Crippen molar-refractivity contribution in [1.29, 1.82) is 0 Å². The van der Waals surface area contributed by atoms with Gasteiger partial charge in [-0.2, -0.15) is 9.97 Å². The predicted octanol–water partition coefficient (Wildman–Crippen LogP) is -0.791. The van der Waals surface area contributed by atoms with Crippen molar-refractivity contribution in [1.82, 2.24) is 36.1 Å². The molecule has 0 aliphatic rings. The van der Waals surface area contributed by atoms with E-state index in [-0.39, 0.29) is 53.5 Å². The highest BCUT2D eigenvalue weighted by Crippen LogP contribution is 2.23. The third-order valence-corrected chi connectivity index (χ3v) is 6.14. The van der Waals surface area contributed by atoms with Crippen LogP contribution >= 0.6 is 0 Å². The first-order chi connectivity index (χ1) is 22.1. The number of hydrogen-bond acceptors (Lipinski definition) is 15. The van der Waals surface area contributed by atoms with Crippen molar-refractivity contribution < 1.29 is 24.6 Å². The minimum atomic E-state index is -0.432. The second kappa shape index (κ2) is 16.4. The SMILES string of the molecule is NN/N=C(\N)c1cc(N)ccc1C(=O)NCCCCNC(=O)c1ccc(NCc2cnc3nc(N)nc(N)c3n2)cc1O.O=CO. The maximum atomic E-state index is 12.6. The van der Waals surface area contributed by atoms with Crippen molar-refractivity contribution in [3.05, 3.63) is 65.0 Å².